The van der Waals surface area contributed by atoms with E-state index in [1.807, 2.05) is 0 Å². The Labute approximate surface area is 134 Å². The predicted molar refractivity (Wildman–Crippen MR) is 79.1 cm³/mol. The first-order valence-corrected chi connectivity index (χ1v) is 7.65. The highest BCUT2D eigenvalue weighted by Crippen LogP contribution is 2.34. The van der Waals surface area contributed by atoms with Gasteiger partial charge in [0.2, 0.25) is 0 Å². The van der Waals surface area contributed by atoms with Gasteiger partial charge in [-0.1, -0.05) is 51.9 Å². The fourth-order valence-electron chi connectivity index (χ4n) is 2.55. The van der Waals surface area contributed by atoms with Crippen LogP contribution in [0, 0.1) is 11.3 Å². The molecule has 0 bridgehead atoms. The van der Waals surface area contributed by atoms with Crippen molar-refractivity contribution in [3.05, 3.63) is 0 Å². The highest BCUT2D eigenvalue weighted by molar-refractivity contribution is 6.18. The van der Waals surface area contributed by atoms with E-state index >= 15 is 0 Å². The average Bonchev–Trinajstić information content (AvgIpc) is 2.43. The largest absolute Gasteiger partial charge is 0.481 e. The maximum absolute atomic E-state index is 11.3. The first kappa shape index (κ1) is 20.9. The fraction of sp³-hybridized carbons (Fsp3) is 0.733. The number of rotatable bonds is 13. The minimum absolute atomic E-state index is 0.263. The van der Waals surface area contributed by atoms with Crippen LogP contribution in [0.3, 0.4) is 0 Å². The van der Waals surface area contributed by atoms with Crippen molar-refractivity contribution < 1.29 is 39.6 Å². The van der Waals surface area contributed by atoms with E-state index < -0.39 is 35.2 Å². The van der Waals surface area contributed by atoms with Crippen LogP contribution in [-0.2, 0) is 19.2 Å². The highest BCUT2D eigenvalue weighted by atomic mass is 16.4. The molecule has 8 nitrogen and oxygen atoms in total. The molecule has 0 fully saturated rings. The molecule has 132 valence electrons. The van der Waals surface area contributed by atoms with Crippen molar-refractivity contribution in [1.29, 1.82) is 0 Å². The van der Waals surface area contributed by atoms with E-state index in [1.165, 1.54) is 0 Å². The minimum atomic E-state index is -3.37. The lowest BCUT2D eigenvalue weighted by Crippen LogP contribution is -2.54. The van der Waals surface area contributed by atoms with Crippen LogP contribution in [0.4, 0.5) is 0 Å². The Bertz CT molecular complexity index is 407. The van der Waals surface area contributed by atoms with E-state index in [1.54, 1.807) is 0 Å². The number of hydrogen-bond acceptors (Lipinski definition) is 4. The molecule has 1 unspecified atom stereocenters. The first-order chi connectivity index (χ1) is 10.7. The minimum Gasteiger partial charge on any atom is -0.481 e. The van der Waals surface area contributed by atoms with Gasteiger partial charge in [0, 0.05) is 0 Å². The molecule has 0 aromatic carbocycles. The van der Waals surface area contributed by atoms with E-state index in [0.717, 1.165) is 32.1 Å². The van der Waals surface area contributed by atoms with Crippen LogP contribution in [-0.4, -0.2) is 44.3 Å². The van der Waals surface area contributed by atoms with E-state index in [2.05, 4.69) is 6.92 Å². The average molecular weight is 332 g/mol. The van der Waals surface area contributed by atoms with Crippen molar-refractivity contribution in [3.8, 4) is 0 Å². The van der Waals surface area contributed by atoms with Gasteiger partial charge in [-0.3, -0.25) is 19.2 Å². The van der Waals surface area contributed by atoms with Crippen molar-refractivity contribution in [2.24, 2.45) is 11.3 Å². The van der Waals surface area contributed by atoms with E-state index in [-0.39, 0.29) is 12.8 Å². The molecule has 0 radical (unpaired) electrons. The molecular weight excluding hydrogens is 308 g/mol. The Morgan fingerprint density at radius 3 is 1.48 bits per heavy atom. The molecule has 0 heterocycles. The summed E-state index contributed by atoms with van der Waals surface area (Å²) in [4.78, 5) is 45.0. The molecule has 0 saturated heterocycles. The number of carboxylic acid groups (broad SMARTS) is 4. The smallest absolute Gasteiger partial charge is 0.333 e. The summed E-state index contributed by atoms with van der Waals surface area (Å²) in [5, 5.41) is 36.3. The van der Waals surface area contributed by atoms with Gasteiger partial charge in [-0.2, -0.15) is 0 Å². The van der Waals surface area contributed by atoms with Crippen LogP contribution >= 0.6 is 0 Å². The Morgan fingerprint density at radius 2 is 1.13 bits per heavy atom. The summed E-state index contributed by atoms with van der Waals surface area (Å²) < 4.78 is 0. The standard InChI is InChI=1S/C15H24O8/c1-2-3-4-5-6-7-8-9-10(11(16)17)15(12(18)19,13(20)21)14(22)23/h10H,2-9H2,1H3,(H,16,17)(H,18,19)(H,20,21)(H,22,23). The van der Waals surface area contributed by atoms with E-state index in [0.29, 0.717) is 6.42 Å². The Morgan fingerprint density at radius 1 is 0.739 bits per heavy atom. The molecule has 0 aliphatic rings. The van der Waals surface area contributed by atoms with Gasteiger partial charge in [-0.25, -0.2) is 0 Å². The quantitative estimate of drug-likeness (QED) is 0.296. The Hall–Kier alpha value is -2.12. The number of carbonyl (C=O) groups is 4. The molecular formula is C15H24O8. The van der Waals surface area contributed by atoms with Crippen LogP contribution in [0.25, 0.3) is 0 Å². The molecule has 0 aromatic heterocycles. The zero-order chi connectivity index (χ0) is 18.0. The zero-order valence-electron chi connectivity index (χ0n) is 13.2. The third-order valence-electron chi connectivity index (χ3n) is 3.93. The van der Waals surface area contributed by atoms with Crippen LogP contribution in [0.2, 0.25) is 0 Å². The van der Waals surface area contributed by atoms with Gasteiger partial charge >= 0.3 is 23.9 Å². The maximum atomic E-state index is 11.3. The van der Waals surface area contributed by atoms with Crippen LogP contribution in [0.1, 0.15) is 58.3 Å². The number of carboxylic acids is 4. The predicted octanol–water partition coefficient (Wildman–Crippen LogP) is 2.07. The van der Waals surface area contributed by atoms with Crippen molar-refractivity contribution in [1.82, 2.24) is 0 Å². The highest BCUT2D eigenvalue weighted by Gasteiger charge is 2.62. The third-order valence-corrected chi connectivity index (χ3v) is 3.93. The van der Waals surface area contributed by atoms with Gasteiger partial charge in [0.25, 0.3) is 5.41 Å². The van der Waals surface area contributed by atoms with Crippen molar-refractivity contribution in [3.63, 3.8) is 0 Å². The molecule has 0 amide bonds. The lowest BCUT2D eigenvalue weighted by atomic mass is 9.72. The summed E-state index contributed by atoms with van der Waals surface area (Å²) >= 11 is 0. The molecule has 23 heavy (non-hydrogen) atoms. The van der Waals surface area contributed by atoms with Gasteiger partial charge in [0.05, 0.1) is 5.92 Å². The Balaban J connectivity index is 4.94. The molecule has 0 aliphatic heterocycles. The van der Waals surface area contributed by atoms with Crippen molar-refractivity contribution in [2.45, 2.75) is 58.3 Å². The van der Waals surface area contributed by atoms with Crippen LogP contribution in [0.15, 0.2) is 0 Å². The fourth-order valence-corrected chi connectivity index (χ4v) is 2.55. The molecule has 1 atom stereocenters. The summed E-state index contributed by atoms with van der Waals surface area (Å²) in [6.45, 7) is 2.07. The SMILES string of the molecule is CCCCCCCCCC(C(=O)O)C(C(=O)O)(C(=O)O)C(=O)O. The first-order valence-electron chi connectivity index (χ1n) is 7.65. The van der Waals surface area contributed by atoms with Crippen LogP contribution < -0.4 is 0 Å². The zero-order valence-corrected chi connectivity index (χ0v) is 13.2. The maximum Gasteiger partial charge on any atom is 0.333 e. The Kier molecular flexibility index (Phi) is 8.90. The molecule has 0 saturated carbocycles. The number of aliphatic carboxylic acids is 4. The van der Waals surface area contributed by atoms with E-state index in [4.69, 9.17) is 20.4 Å². The van der Waals surface area contributed by atoms with Crippen molar-refractivity contribution >= 4 is 23.9 Å². The second-order valence-corrected chi connectivity index (χ2v) is 5.52. The lowest BCUT2D eigenvalue weighted by molar-refractivity contribution is -0.186. The summed E-state index contributed by atoms with van der Waals surface area (Å²) in [5.41, 5.74) is -3.37. The summed E-state index contributed by atoms with van der Waals surface area (Å²) in [7, 11) is 0. The molecule has 4 N–H and O–H groups in total. The molecule has 0 spiro atoms. The van der Waals surface area contributed by atoms with Gasteiger partial charge in [0.15, 0.2) is 0 Å². The molecule has 0 aromatic rings. The molecule has 8 heteroatoms. The second-order valence-electron chi connectivity index (χ2n) is 5.52. The second kappa shape index (κ2) is 9.81. The lowest BCUT2D eigenvalue weighted by Gasteiger charge is -2.26. The number of hydrogen-bond donors (Lipinski definition) is 4. The normalized spacial score (nSPS) is 12.6. The summed E-state index contributed by atoms with van der Waals surface area (Å²) in [6.07, 6.45) is 5.54. The van der Waals surface area contributed by atoms with Crippen molar-refractivity contribution in [2.75, 3.05) is 0 Å². The van der Waals surface area contributed by atoms with Gasteiger partial charge in [-0.15, -0.1) is 0 Å². The molecule has 0 aliphatic carbocycles. The van der Waals surface area contributed by atoms with E-state index in [9.17, 15) is 19.2 Å². The summed E-state index contributed by atoms with van der Waals surface area (Å²) in [6, 6.07) is 0. The van der Waals surface area contributed by atoms with Crippen LogP contribution in [0.5, 0.6) is 0 Å². The monoisotopic (exact) mass is 332 g/mol. The third kappa shape index (κ3) is 5.22. The summed E-state index contributed by atoms with van der Waals surface area (Å²) in [5.74, 6) is -10.3. The van der Waals surface area contributed by atoms with Gasteiger partial charge in [0.1, 0.15) is 0 Å². The van der Waals surface area contributed by atoms with Gasteiger partial charge in [-0.05, 0) is 6.42 Å². The number of unbranched alkanes of at least 4 members (excludes halogenated alkanes) is 6. The molecule has 0 rings (SSSR count). The topological polar surface area (TPSA) is 149 Å². The van der Waals surface area contributed by atoms with Gasteiger partial charge < -0.3 is 20.4 Å².